The highest BCUT2D eigenvalue weighted by molar-refractivity contribution is 5.87. The smallest absolute Gasteiger partial charge is 0.336 e. The molecule has 0 aliphatic heterocycles. The van der Waals surface area contributed by atoms with Gasteiger partial charge in [0.15, 0.2) is 11.3 Å². The molecule has 0 saturated carbocycles. The van der Waals surface area contributed by atoms with Gasteiger partial charge in [-0.3, -0.25) is 0 Å². The van der Waals surface area contributed by atoms with E-state index in [1.165, 1.54) is 13.2 Å². The van der Waals surface area contributed by atoms with Gasteiger partial charge in [-0.05, 0) is 24.6 Å². The van der Waals surface area contributed by atoms with E-state index in [9.17, 15) is 9.90 Å². The van der Waals surface area contributed by atoms with Crippen LogP contribution < -0.4 is 10.4 Å². The predicted molar refractivity (Wildman–Crippen MR) is 66.8 cm³/mol. The second kappa shape index (κ2) is 5.39. The predicted octanol–water partition coefficient (Wildman–Crippen LogP) is 2.84. The van der Waals surface area contributed by atoms with Crippen LogP contribution >= 0.6 is 0 Å². The molecule has 0 amide bonds. The number of fused-ring (bicyclic) bond motifs is 1. The average Bonchev–Trinajstić information content (AvgIpc) is 2.33. The van der Waals surface area contributed by atoms with Gasteiger partial charge in [-0.2, -0.15) is 0 Å². The minimum atomic E-state index is -0.483. The van der Waals surface area contributed by atoms with Gasteiger partial charge in [-0.1, -0.05) is 13.8 Å². The van der Waals surface area contributed by atoms with Gasteiger partial charge in [-0.25, -0.2) is 4.79 Å². The lowest BCUT2D eigenvalue weighted by Crippen LogP contribution is -1.98. The summed E-state index contributed by atoms with van der Waals surface area (Å²) in [6, 6.07) is 4.76. The van der Waals surface area contributed by atoms with Crippen molar-refractivity contribution in [2.24, 2.45) is 0 Å². The Morgan fingerprint density at radius 3 is 2.53 bits per heavy atom. The van der Waals surface area contributed by atoms with E-state index < -0.39 is 5.63 Å². The van der Waals surface area contributed by atoms with E-state index in [0.29, 0.717) is 5.39 Å². The molecule has 92 valence electrons. The quantitative estimate of drug-likeness (QED) is 0.773. The van der Waals surface area contributed by atoms with Gasteiger partial charge in [0.1, 0.15) is 0 Å². The average molecular weight is 236 g/mol. The monoisotopic (exact) mass is 236 g/mol. The first-order valence-corrected chi connectivity index (χ1v) is 5.44. The number of aryl methyl sites for hydroxylation is 1. The van der Waals surface area contributed by atoms with Crippen molar-refractivity contribution in [3.05, 3.63) is 34.2 Å². The van der Waals surface area contributed by atoms with Crippen LogP contribution in [-0.2, 0) is 0 Å². The van der Waals surface area contributed by atoms with E-state index in [2.05, 4.69) is 0 Å². The lowest BCUT2D eigenvalue weighted by Gasteiger charge is -2.06. The van der Waals surface area contributed by atoms with Crippen LogP contribution in [-0.4, -0.2) is 12.2 Å². The highest BCUT2D eigenvalue weighted by Gasteiger charge is 2.11. The molecule has 17 heavy (non-hydrogen) atoms. The number of ether oxygens (including phenoxy) is 1. The van der Waals surface area contributed by atoms with Crippen LogP contribution in [0.25, 0.3) is 11.0 Å². The second-order valence-electron chi connectivity index (χ2n) is 3.24. The fourth-order valence-electron chi connectivity index (χ4n) is 1.52. The molecule has 0 spiro atoms. The molecule has 0 fully saturated rings. The Morgan fingerprint density at radius 2 is 1.94 bits per heavy atom. The number of hydrogen-bond acceptors (Lipinski definition) is 4. The minimum absolute atomic E-state index is 0.143. The van der Waals surface area contributed by atoms with Gasteiger partial charge in [0, 0.05) is 11.5 Å². The molecular formula is C13H16O4. The number of aromatic hydroxyl groups is 1. The van der Waals surface area contributed by atoms with E-state index >= 15 is 0 Å². The lowest BCUT2D eigenvalue weighted by molar-refractivity contribution is 0.370. The van der Waals surface area contributed by atoms with E-state index in [0.717, 1.165) is 5.56 Å². The number of methoxy groups -OCH3 is 1. The molecule has 0 radical (unpaired) electrons. The molecule has 0 aliphatic carbocycles. The summed E-state index contributed by atoms with van der Waals surface area (Å²) in [5.41, 5.74) is 0.446. The van der Waals surface area contributed by atoms with Gasteiger partial charge in [0.2, 0.25) is 5.75 Å². The summed E-state index contributed by atoms with van der Waals surface area (Å²) < 4.78 is 9.85. The Bertz CT molecular complexity index is 569. The Kier molecular flexibility index (Phi) is 4.15. The Morgan fingerprint density at radius 1 is 1.29 bits per heavy atom. The maximum absolute atomic E-state index is 11.1. The summed E-state index contributed by atoms with van der Waals surface area (Å²) >= 11 is 0. The topological polar surface area (TPSA) is 59.7 Å². The zero-order valence-corrected chi connectivity index (χ0v) is 10.4. The highest BCUT2D eigenvalue weighted by atomic mass is 16.5. The van der Waals surface area contributed by atoms with Gasteiger partial charge in [0.05, 0.1) is 7.11 Å². The van der Waals surface area contributed by atoms with Gasteiger partial charge < -0.3 is 14.3 Å². The standard InChI is InChI=1S/C11H10O4.C2H6/c1-6-5-9(12)15-11-7(6)3-4-8(14-2)10(11)13;1-2/h3-5,13H,1-2H3;1-2H3. The first-order valence-electron chi connectivity index (χ1n) is 5.44. The molecule has 1 heterocycles. The molecular weight excluding hydrogens is 220 g/mol. The summed E-state index contributed by atoms with van der Waals surface area (Å²) in [4.78, 5) is 11.1. The normalized spacial score (nSPS) is 9.65. The van der Waals surface area contributed by atoms with Crippen molar-refractivity contribution in [1.29, 1.82) is 0 Å². The van der Waals surface area contributed by atoms with E-state index in [4.69, 9.17) is 9.15 Å². The van der Waals surface area contributed by atoms with Crippen molar-refractivity contribution in [2.45, 2.75) is 20.8 Å². The third kappa shape index (κ3) is 2.41. The fourth-order valence-corrected chi connectivity index (χ4v) is 1.52. The molecule has 2 aromatic rings. The zero-order valence-electron chi connectivity index (χ0n) is 10.4. The number of phenols is 1. The van der Waals surface area contributed by atoms with Crippen molar-refractivity contribution in [2.75, 3.05) is 7.11 Å². The number of hydrogen-bond donors (Lipinski definition) is 1. The second-order valence-corrected chi connectivity index (χ2v) is 3.24. The Balaban J connectivity index is 0.000000686. The molecule has 1 aromatic heterocycles. The maximum atomic E-state index is 11.1. The summed E-state index contributed by atoms with van der Waals surface area (Å²) in [5.74, 6) is 0.145. The largest absolute Gasteiger partial charge is 0.502 e. The highest BCUT2D eigenvalue weighted by Crippen LogP contribution is 2.34. The number of phenolic OH excluding ortho intramolecular Hbond substituents is 1. The molecule has 4 nitrogen and oxygen atoms in total. The van der Waals surface area contributed by atoms with E-state index in [-0.39, 0.29) is 17.1 Å². The van der Waals surface area contributed by atoms with Crippen molar-refractivity contribution >= 4 is 11.0 Å². The van der Waals surface area contributed by atoms with Crippen molar-refractivity contribution in [1.82, 2.24) is 0 Å². The van der Waals surface area contributed by atoms with Crippen LogP contribution in [0.5, 0.6) is 11.5 Å². The molecule has 0 aliphatic rings. The first-order chi connectivity index (χ1) is 8.13. The molecule has 0 atom stereocenters. The van der Waals surface area contributed by atoms with Gasteiger partial charge in [0.25, 0.3) is 0 Å². The fraction of sp³-hybridized carbons (Fsp3) is 0.308. The van der Waals surface area contributed by atoms with Crippen LogP contribution in [0.4, 0.5) is 0 Å². The van der Waals surface area contributed by atoms with Gasteiger partial charge in [-0.15, -0.1) is 0 Å². The van der Waals surface area contributed by atoms with Crippen LogP contribution in [0.1, 0.15) is 19.4 Å². The summed E-state index contributed by atoms with van der Waals surface area (Å²) in [7, 11) is 1.44. The molecule has 0 bridgehead atoms. The Labute approximate surface area is 99.5 Å². The number of benzene rings is 1. The first kappa shape index (κ1) is 13.1. The lowest BCUT2D eigenvalue weighted by atomic mass is 10.1. The van der Waals surface area contributed by atoms with Crippen LogP contribution in [0, 0.1) is 6.92 Å². The van der Waals surface area contributed by atoms with Crippen molar-refractivity contribution in [3.8, 4) is 11.5 Å². The molecule has 0 unspecified atom stereocenters. The number of rotatable bonds is 1. The zero-order chi connectivity index (χ0) is 13.0. The van der Waals surface area contributed by atoms with E-state index in [1.807, 2.05) is 13.8 Å². The molecule has 1 N–H and O–H groups in total. The van der Waals surface area contributed by atoms with Crippen molar-refractivity contribution < 1.29 is 14.3 Å². The summed E-state index contributed by atoms with van der Waals surface area (Å²) in [6.07, 6.45) is 0. The van der Waals surface area contributed by atoms with Crippen molar-refractivity contribution in [3.63, 3.8) is 0 Å². The molecule has 1 aromatic carbocycles. The third-order valence-corrected chi connectivity index (χ3v) is 2.28. The van der Waals surface area contributed by atoms with Gasteiger partial charge >= 0.3 is 5.63 Å². The maximum Gasteiger partial charge on any atom is 0.336 e. The summed E-state index contributed by atoms with van der Waals surface area (Å²) in [6.45, 7) is 5.78. The summed E-state index contributed by atoms with van der Waals surface area (Å²) in [5, 5.41) is 10.4. The molecule has 4 heteroatoms. The van der Waals surface area contributed by atoms with E-state index in [1.54, 1.807) is 19.1 Å². The SMILES string of the molecule is CC.COc1ccc2c(C)cc(=O)oc2c1O. The molecule has 0 saturated heterocycles. The van der Waals surface area contributed by atoms with Crippen LogP contribution in [0.2, 0.25) is 0 Å². The Hall–Kier alpha value is -1.97. The van der Waals surface area contributed by atoms with Crippen LogP contribution in [0.15, 0.2) is 27.4 Å². The third-order valence-electron chi connectivity index (χ3n) is 2.28. The van der Waals surface area contributed by atoms with Crippen LogP contribution in [0.3, 0.4) is 0 Å². The minimum Gasteiger partial charge on any atom is -0.502 e. The molecule has 2 rings (SSSR count).